The number of rotatable bonds is 12. The molecule has 0 bridgehead atoms. The number of hydrogen-bond acceptors (Lipinski definition) is 3. The van der Waals surface area contributed by atoms with Crippen molar-refractivity contribution in [2.24, 2.45) is 17.8 Å². The van der Waals surface area contributed by atoms with Crippen LogP contribution in [0.4, 0.5) is 0 Å². The highest BCUT2D eigenvalue weighted by Gasteiger charge is 2.19. The van der Waals surface area contributed by atoms with Gasteiger partial charge < -0.3 is 15.3 Å². The summed E-state index contributed by atoms with van der Waals surface area (Å²) in [5, 5.41) is 26.8. The minimum Gasteiger partial charge on any atom is -0.481 e. The molecule has 0 aliphatic carbocycles. The maximum absolute atomic E-state index is 10.9. The number of carbonyl (C=O) groups is 3. The summed E-state index contributed by atoms with van der Waals surface area (Å²) >= 11 is 0. The van der Waals surface area contributed by atoms with Crippen LogP contribution in [0.2, 0.25) is 0 Å². The molecule has 0 saturated heterocycles. The predicted molar refractivity (Wildman–Crippen MR) is 85.8 cm³/mol. The van der Waals surface area contributed by atoms with Gasteiger partial charge in [-0.15, -0.1) is 7.92 Å². The fourth-order valence-corrected chi connectivity index (χ4v) is 4.76. The van der Waals surface area contributed by atoms with Gasteiger partial charge in [-0.2, -0.15) is 0 Å². The third kappa shape index (κ3) is 8.98. The monoisotopic (exact) mass is 334 g/mol. The fraction of sp³-hybridized carbons (Fsp3) is 0.800. The Kier molecular flexibility index (Phi) is 9.99. The van der Waals surface area contributed by atoms with Crippen molar-refractivity contribution in [1.29, 1.82) is 0 Å². The molecule has 7 heteroatoms. The van der Waals surface area contributed by atoms with Crippen molar-refractivity contribution in [3.63, 3.8) is 0 Å². The van der Waals surface area contributed by atoms with E-state index in [2.05, 4.69) is 0 Å². The van der Waals surface area contributed by atoms with Crippen molar-refractivity contribution < 1.29 is 29.7 Å². The van der Waals surface area contributed by atoms with E-state index < -0.39 is 43.6 Å². The first-order valence-corrected chi connectivity index (χ1v) is 9.45. The lowest BCUT2D eigenvalue weighted by molar-refractivity contribution is -0.142. The third-order valence-electron chi connectivity index (χ3n) is 3.90. The summed E-state index contributed by atoms with van der Waals surface area (Å²) in [5.74, 6) is -3.73. The highest BCUT2D eigenvalue weighted by Crippen LogP contribution is 2.40. The number of carboxylic acid groups (broad SMARTS) is 3. The molecule has 0 aromatic rings. The van der Waals surface area contributed by atoms with Crippen LogP contribution >= 0.6 is 7.92 Å². The smallest absolute Gasteiger partial charge is 0.306 e. The van der Waals surface area contributed by atoms with Crippen LogP contribution in [-0.4, -0.2) is 51.7 Å². The second kappa shape index (κ2) is 10.5. The van der Waals surface area contributed by atoms with Gasteiger partial charge in [0.25, 0.3) is 0 Å². The van der Waals surface area contributed by atoms with Crippen LogP contribution in [0.25, 0.3) is 0 Å². The zero-order valence-corrected chi connectivity index (χ0v) is 14.4. The van der Waals surface area contributed by atoms with Crippen LogP contribution in [0.15, 0.2) is 0 Å². The summed E-state index contributed by atoms with van der Waals surface area (Å²) in [6.45, 7) is 4.99. The van der Waals surface area contributed by atoms with Crippen molar-refractivity contribution in [2.75, 3.05) is 18.5 Å². The summed E-state index contributed by atoms with van der Waals surface area (Å²) < 4.78 is 0. The molecule has 22 heavy (non-hydrogen) atoms. The molecule has 6 nitrogen and oxygen atoms in total. The van der Waals surface area contributed by atoms with Crippen LogP contribution in [0.5, 0.6) is 0 Å². The van der Waals surface area contributed by atoms with Gasteiger partial charge in [-0.1, -0.05) is 20.8 Å². The summed E-state index contributed by atoms with van der Waals surface area (Å²) in [6, 6.07) is 0. The minimum absolute atomic E-state index is 0.418. The van der Waals surface area contributed by atoms with E-state index >= 15 is 0 Å². The molecule has 0 amide bonds. The van der Waals surface area contributed by atoms with Crippen LogP contribution < -0.4 is 0 Å². The third-order valence-corrected chi connectivity index (χ3v) is 6.57. The van der Waals surface area contributed by atoms with Gasteiger partial charge in [-0.3, -0.25) is 14.4 Å². The molecule has 0 aliphatic rings. The zero-order chi connectivity index (χ0) is 17.3. The van der Waals surface area contributed by atoms with Gasteiger partial charge in [0, 0.05) is 0 Å². The molecule has 0 aromatic carbocycles. The van der Waals surface area contributed by atoms with Crippen LogP contribution in [-0.2, 0) is 14.4 Å². The molecule has 0 fully saturated rings. The molecule has 0 radical (unpaired) electrons. The molecular weight excluding hydrogens is 307 g/mol. The Morgan fingerprint density at radius 2 is 0.909 bits per heavy atom. The van der Waals surface area contributed by atoms with Crippen molar-refractivity contribution in [1.82, 2.24) is 0 Å². The van der Waals surface area contributed by atoms with E-state index in [9.17, 15) is 14.4 Å². The highest BCUT2D eigenvalue weighted by atomic mass is 31.1. The lowest BCUT2D eigenvalue weighted by Gasteiger charge is -2.21. The number of hydrogen-bond donors (Lipinski definition) is 3. The minimum atomic E-state index is -0.826. The normalized spacial score (nSPS) is 16.5. The van der Waals surface area contributed by atoms with Crippen LogP contribution in [0.3, 0.4) is 0 Å². The van der Waals surface area contributed by atoms with E-state index in [1.807, 2.05) is 0 Å². The molecule has 3 atom stereocenters. The van der Waals surface area contributed by atoms with E-state index in [4.69, 9.17) is 15.3 Å². The van der Waals surface area contributed by atoms with Crippen molar-refractivity contribution in [3.05, 3.63) is 0 Å². The van der Waals surface area contributed by atoms with Crippen molar-refractivity contribution in [2.45, 2.75) is 40.0 Å². The fourth-order valence-electron chi connectivity index (χ4n) is 1.83. The molecule has 0 saturated carbocycles. The van der Waals surface area contributed by atoms with Crippen LogP contribution in [0.1, 0.15) is 40.0 Å². The Labute approximate surface area is 132 Å². The lowest BCUT2D eigenvalue weighted by atomic mass is 10.1. The van der Waals surface area contributed by atoms with Crippen molar-refractivity contribution in [3.8, 4) is 0 Å². The Hall–Kier alpha value is -1.16. The van der Waals surface area contributed by atoms with E-state index in [0.29, 0.717) is 19.3 Å². The standard InChI is InChI=1S/C15H27O6P/c1-10(13(16)17)4-7-22(8-5-11(2)14(18)19)9-6-12(3)15(20)21/h10-12H,4-9H2,1-3H3,(H,16,17)(H,18,19)(H,20,21). The molecule has 128 valence electrons. The van der Waals surface area contributed by atoms with Gasteiger partial charge in [0.15, 0.2) is 0 Å². The molecular formula is C15H27O6P. The maximum atomic E-state index is 10.9. The molecule has 3 N–H and O–H groups in total. The topological polar surface area (TPSA) is 112 Å². The van der Waals surface area contributed by atoms with Gasteiger partial charge >= 0.3 is 17.9 Å². The van der Waals surface area contributed by atoms with Gasteiger partial charge in [-0.05, 0) is 37.7 Å². The summed E-state index contributed by atoms with van der Waals surface area (Å²) in [4.78, 5) is 32.6. The van der Waals surface area contributed by atoms with Crippen molar-refractivity contribution >= 4 is 25.8 Å². The van der Waals surface area contributed by atoms with Gasteiger partial charge in [0.1, 0.15) is 0 Å². The molecule has 0 spiro atoms. The SMILES string of the molecule is CC(CCP(CCC(C)C(=O)O)CCC(C)C(=O)O)C(=O)O. The van der Waals surface area contributed by atoms with Crippen LogP contribution in [0, 0.1) is 17.8 Å². The first-order valence-electron chi connectivity index (χ1n) is 7.55. The maximum Gasteiger partial charge on any atom is 0.306 e. The number of aliphatic carboxylic acids is 3. The zero-order valence-electron chi connectivity index (χ0n) is 13.5. The van der Waals surface area contributed by atoms with E-state index in [0.717, 1.165) is 18.5 Å². The molecule has 3 unspecified atom stereocenters. The Morgan fingerprint density at radius 3 is 1.09 bits per heavy atom. The second-order valence-corrected chi connectivity index (χ2v) is 8.61. The molecule has 0 rings (SSSR count). The predicted octanol–water partition coefficient (Wildman–Crippen LogP) is 2.80. The summed E-state index contributed by atoms with van der Waals surface area (Å²) in [7, 11) is -0.522. The highest BCUT2D eigenvalue weighted by molar-refractivity contribution is 7.57. The average molecular weight is 334 g/mol. The molecule has 0 aliphatic heterocycles. The number of carboxylic acids is 3. The van der Waals surface area contributed by atoms with Gasteiger partial charge in [0.05, 0.1) is 17.8 Å². The Morgan fingerprint density at radius 1 is 0.682 bits per heavy atom. The first kappa shape index (κ1) is 20.8. The molecule has 0 heterocycles. The van der Waals surface area contributed by atoms with Gasteiger partial charge in [0.2, 0.25) is 0 Å². The second-order valence-electron chi connectivity index (χ2n) is 5.93. The Bertz CT molecular complexity index is 327. The summed E-state index contributed by atoms with van der Waals surface area (Å²) in [5.41, 5.74) is 0. The van der Waals surface area contributed by atoms with E-state index in [1.54, 1.807) is 20.8 Å². The lowest BCUT2D eigenvalue weighted by Crippen LogP contribution is -2.15. The summed E-state index contributed by atoms with van der Waals surface area (Å²) in [6.07, 6.45) is 3.93. The first-order chi connectivity index (χ1) is 10.1. The van der Waals surface area contributed by atoms with E-state index in [1.165, 1.54) is 0 Å². The van der Waals surface area contributed by atoms with E-state index in [-0.39, 0.29) is 0 Å². The Balaban J connectivity index is 4.44. The largest absolute Gasteiger partial charge is 0.481 e. The van der Waals surface area contributed by atoms with Gasteiger partial charge in [-0.25, -0.2) is 0 Å². The molecule has 0 aromatic heterocycles. The quantitative estimate of drug-likeness (QED) is 0.473. The average Bonchev–Trinajstić information content (AvgIpc) is 2.44.